The predicted octanol–water partition coefficient (Wildman–Crippen LogP) is 5.43. The molecule has 1 saturated heterocycles. The van der Waals surface area contributed by atoms with Crippen molar-refractivity contribution in [2.24, 2.45) is 5.92 Å². The number of ether oxygens (including phenoxy) is 1. The van der Waals surface area contributed by atoms with E-state index in [2.05, 4.69) is 23.8 Å². The maximum Gasteiger partial charge on any atom is 0.302 e. The molecule has 0 radical (unpaired) electrons. The molecule has 1 aliphatic heterocycles. The minimum atomic E-state index is -0.989. The van der Waals surface area contributed by atoms with Crippen molar-refractivity contribution >= 4 is 34.4 Å². The number of imidazole rings is 1. The van der Waals surface area contributed by atoms with Crippen LogP contribution in [-0.4, -0.2) is 33.4 Å². The molecule has 1 aliphatic rings. The molecule has 4 aromatic rings. The van der Waals surface area contributed by atoms with Crippen molar-refractivity contribution in [1.29, 1.82) is 0 Å². The van der Waals surface area contributed by atoms with Gasteiger partial charge in [0.05, 0.1) is 23.2 Å². The van der Waals surface area contributed by atoms with E-state index in [9.17, 15) is 14.7 Å². The van der Waals surface area contributed by atoms with Gasteiger partial charge in [-0.25, -0.2) is 4.98 Å². The Morgan fingerprint density at radius 1 is 1.14 bits per heavy atom. The van der Waals surface area contributed by atoms with Gasteiger partial charge < -0.3 is 19.2 Å². The summed E-state index contributed by atoms with van der Waals surface area (Å²) in [6.45, 7) is 8.33. The van der Waals surface area contributed by atoms with E-state index in [1.807, 2.05) is 31.2 Å². The maximum atomic E-state index is 13.3. The number of Topliss-reactive ketones (excluding diaryl/α,β-unsaturated/α-hetero) is 1. The second-order valence-corrected chi connectivity index (χ2v) is 9.38. The minimum absolute atomic E-state index is 0.0648. The van der Waals surface area contributed by atoms with E-state index in [-0.39, 0.29) is 17.3 Å². The van der Waals surface area contributed by atoms with Crippen LogP contribution in [0.3, 0.4) is 0 Å². The van der Waals surface area contributed by atoms with Crippen LogP contribution in [0.2, 0.25) is 0 Å². The van der Waals surface area contributed by atoms with Gasteiger partial charge in [-0.3, -0.25) is 14.5 Å². The second kappa shape index (κ2) is 9.03. The average Bonchev–Trinajstić information content (AvgIpc) is 3.53. The van der Waals surface area contributed by atoms with Crippen LogP contribution in [0.15, 0.2) is 64.6 Å². The monoisotopic (exact) mass is 485 g/mol. The van der Waals surface area contributed by atoms with Gasteiger partial charge in [-0.15, -0.1) is 0 Å². The first-order chi connectivity index (χ1) is 17.2. The number of nitrogens with one attached hydrogen (secondary N) is 1. The molecule has 0 bridgehead atoms. The lowest BCUT2D eigenvalue weighted by Gasteiger charge is -2.21. The average molecular weight is 486 g/mol. The number of fused-ring (bicyclic) bond motifs is 1. The number of ketones is 1. The van der Waals surface area contributed by atoms with Crippen LogP contribution < -0.4 is 9.64 Å². The van der Waals surface area contributed by atoms with Crippen LogP contribution in [-0.2, 0) is 9.59 Å². The van der Waals surface area contributed by atoms with E-state index in [1.54, 1.807) is 37.3 Å². The Labute approximate surface area is 208 Å². The van der Waals surface area contributed by atoms with Gasteiger partial charge in [-0.2, -0.15) is 0 Å². The molecular formula is C28H27N3O5. The summed E-state index contributed by atoms with van der Waals surface area (Å²) in [5, 5.41) is 11.4. The van der Waals surface area contributed by atoms with Gasteiger partial charge in [0.1, 0.15) is 29.1 Å². The fraction of sp³-hybridized carbons (Fsp3) is 0.250. The highest BCUT2D eigenvalue weighted by Crippen LogP contribution is 2.42. The maximum absolute atomic E-state index is 13.3. The van der Waals surface area contributed by atoms with Gasteiger partial charge in [-0.05, 0) is 67.8 Å². The van der Waals surface area contributed by atoms with Crippen molar-refractivity contribution in [3.05, 3.63) is 82.8 Å². The predicted molar refractivity (Wildman–Crippen MR) is 136 cm³/mol. The van der Waals surface area contributed by atoms with Crippen LogP contribution in [0.25, 0.3) is 16.8 Å². The Morgan fingerprint density at radius 2 is 1.92 bits per heavy atom. The molecule has 8 nitrogen and oxygen atoms in total. The molecule has 0 spiro atoms. The Hall–Kier alpha value is -4.33. The highest BCUT2D eigenvalue weighted by molar-refractivity contribution is 6.51. The van der Waals surface area contributed by atoms with E-state index in [1.165, 1.54) is 4.90 Å². The standard InChI is InChI=1S/C28H27N3O5/c1-15(2)14-35-21-12-10-18(13-16(21)3)25(32)23-24(22-11-9-17(4)36-22)31(27(34)26(23)33)28-29-19-7-5-6-8-20(19)30-28/h5-13,15,24,32H,14H2,1-4H3,(H,29,30)/b25-23+. The molecule has 5 rings (SSSR count). The fourth-order valence-electron chi connectivity index (χ4n) is 4.34. The normalized spacial score (nSPS) is 17.5. The number of para-hydroxylation sites is 2. The number of carbonyl (C=O) groups excluding carboxylic acids is 2. The zero-order valence-corrected chi connectivity index (χ0v) is 20.5. The molecule has 2 N–H and O–H groups in total. The number of anilines is 1. The van der Waals surface area contributed by atoms with Gasteiger partial charge >= 0.3 is 5.91 Å². The highest BCUT2D eigenvalue weighted by atomic mass is 16.5. The molecule has 2 aromatic heterocycles. The number of amides is 1. The molecular weight excluding hydrogens is 458 g/mol. The number of benzene rings is 2. The van der Waals surface area contributed by atoms with E-state index in [0.29, 0.717) is 40.9 Å². The number of furan rings is 1. The van der Waals surface area contributed by atoms with Crippen molar-refractivity contribution in [1.82, 2.24) is 9.97 Å². The van der Waals surface area contributed by atoms with Gasteiger partial charge in [0.15, 0.2) is 0 Å². The van der Waals surface area contributed by atoms with Gasteiger partial charge in [0.25, 0.3) is 5.78 Å². The number of hydrogen-bond acceptors (Lipinski definition) is 6. The summed E-state index contributed by atoms with van der Waals surface area (Å²) in [5.41, 5.74) is 2.51. The van der Waals surface area contributed by atoms with E-state index in [4.69, 9.17) is 9.15 Å². The molecule has 1 fully saturated rings. The van der Waals surface area contributed by atoms with Gasteiger partial charge in [0.2, 0.25) is 5.95 Å². The summed E-state index contributed by atoms with van der Waals surface area (Å²) >= 11 is 0. The second-order valence-electron chi connectivity index (χ2n) is 9.38. The van der Waals surface area contributed by atoms with Crippen LogP contribution in [0.5, 0.6) is 5.75 Å². The largest absolute Gasteiger partial charge is 0.507 e. The first-order valence-electron chi connectivity index (χ1n) is 11.8. The SMILES string of the molecule is Cc1ccc(C2/C(=C(\O)c3ccc(OCC(C)C)c(C)c3)C(=O)C(=O)N2c2nc3ccccc3[nH]2)o1. The van der Waals surface area contributed by atoms with Crippen molar-refractivity contribution in [2.45, 2.75) is 33.7 Å². The third-order valence-electron chi connectivity index (χ3n) is 6.10. The first-order valence-corrected chi connectivity index (χ1v) is 11.8. The van der Waals surface area contributed by atoms with E-state index >= 15 is 0 Å². The summed E-state index contributed by atoms with van der Waals surface area (Å²) in [6, 6.07) is 15.0. The van der Waals surface area contributed by atoms with Crippen molar-refractivity contribution in [3.63, 3.8) is 0 Å². The van der Waals surface area contributed by atoms with Crippen LogP contribution in [0, 0.1) is 19.8 Å². The smallest absolute Gasteiger partial charge is 0.302 e. The number of aromatic amines is 1. The number of carbonyl (C=O) groups is 2. The molecule has 184 valence electrons. The van der Waals surface area contributed by atoms with Crippen molar-refractivity contribution in [3.8, 4) is 5.75 Å². The van der Waals surface area contributed by atoms with E-state index in [0.717, 1.165) is 11.1 Å². The number of aliphatic hydroxyl groups excluding tert-OH is 1. The van der Waals surface area contributed by atoms with Crippen LogP contribution in [0.1, 0.15) is 42.5 Å². The fourth-order valence-corrected chi connectivity index (χ4v) is 4.34. The lowest BCUT2D eigenvalue weighted by Crippen LogP contribution is -2.30. The molecule has 36 heavy (non-hydrogen) atoms. The minimum Gasteiger partial charge on any atom is -0.507 e. The Morgan fingerprint density at radius 3 is 2.58 bits per heavy atom. The van der Waals surface area contributed by atoms with Crippen LogP contribution >= 0.6 is 0 Å². The lowest BCUT2D eigenvalue weighted by atomic mass is 9.98. The number of aryl methyl sites for hydroxylation is 2. The van der Waals surface area contributed by atoms with Crippen LogP contribution in [0.4, 0.5) is 5.95 Å². The van der Waals surface area contributed by atoms with E-state index < -0.39 is 17.7 Å². The summed E-state index contributed by atoms with van der Waals surface area (Å²) in [6.07, 6.45) is 0. The number of nitrogens with zero attached hydrogens (tertiary/aromatic N) is 2. The Bertz CT molecular complexity index is 1480. The molecule has 1 atom stereocenters. The van der Waals surface area contributed by atoms with Crippen molar-refractivity contribution in [2.75, 3.05) is 11.5 Å². The molecule has 3 heterocycles. The molecule has 2 aromatic carbocycles. The number of rotatable bonds is 6. The zero-order chi connectivity index (χ0) is 25.6. The summed E-state index contributed by atoms with van der Waals surface area (Å²) in [7, 11) is 0. The zero-order valence-electron chi connectivity index (χ0n) is 20.5. The molecule has 0 saturated carbocycles. The van der Waals surface area contributed by atoms with Gasteiger partial charge in [0, 0.05) is 5.56 Å². The molecule has 0 aliphatic carbocycles. The third-order valence-corrected chi connectivity index (χ3v) is 6.10. The highest BCUT2D eigenvalue weighted by Gasteiger charge is 2.49. The van der Waals surface area contributed by atoms with Crippen molar-refractivity contribution < 1.29 is 23.8 Å². The number of hydrogen-bond donors (Lipinski definition) is 2. The number of aromatic nitrogens is 2. The number of aliphatic hydroxyl groups is 1. The topological polar surface area (TPSA) is 109 Å². The van der Waals surface area contributed by atoms with Gasteiger partial charge in [-0.1, -0.05) is 26.0 Å². The molecule has 8 heteroatoms. The first kappa shape index (κ1) is 23.4. The molecule has 1 unspecified atom stereocenters. The Balaban J connectivity index is 1.63. The molecule has 1 amide bonds. The summed E-state index contributed by atoms with van der Waals surface area (Å²) in [4.78, 5) is 35.5. The lowest BCUT2D eigenvalue weighted by molar-refractivity contribution is -0.132. The summed E-state index contributed by atoms with van der Waals surface area (Å²) in [5.74, 6) is 0.317. The Kier molecular flexibility index (Phi) is 5.88. The quantitative estimate of drug-likeness (QED) is 0.214. The number of H-pyrrole nitrogens is 1. The summed E-state index contributed by atoms with van der Waals surface area (Å²) < 4.78 is 11.7. The third kappa shape index (κ3) is 4.04.